The van der Waals surface area contributed by atoms with Crippen molar-refractivity contribution in [2.45, 2.75) is 50.5 Å². The summed E-state index contributed by atoms with van der Waals surface area (Å²) in [6, 6.07) is 4.52. The highest BCUT2D eigenvalue weighted by molar-refractivity contribution is 5.93. The molecule has 3 saturated carbocycles. The molecule has 0 spiro atoms. The van der Waals surface area contributed by atoms with Crippen LogP contribution in [0, 0.1) is 35.5 Å². The fourth-order valence-electron chi connectivity index (χ4n) is 5.21. The van der Waals surface area contributed by atoms with Gasteiger partial charge < -0.3 is 15.1 Å². The third-order valence-corrected chi connectivity index (χ3v) is 7.65. The summed E-state index contributed by atoms with van der Waals surface area (Å²) in [6.45, 7) is 6.14. The Morgan fingerprint density at radius 1 is 1.22 bits per heavy atom. The monoisotopic (exact) mass is 495 g/mol. The van der Waals surface area contributed by atoms with Crippen LogP contribution in [-0.4, -0.2) is 53.9 Å². The van der Waals surface area contributed by atoms with Crippen LogP contribution in [0.3, 0.4) is 0 Å². The summed E-state index contributed by atoms with van der Waals surface area (Å²) in [4.78, 5) is 34.0. The molecule has 3 aliphatic carbocycles. The highest BCUT2D eigenvalue weighted by atomic mass is 16.2. The van der Waals surface area contributed by atoms with Gasteiger partial charge in [-0.2, -0.15) is 5.26 Å². The summed E-state index contributed by atoms with van der Waals surface area (Å²) in [6.07, 6.45) is 19.0. The number of carbonyl (C=O) groups excluding carboxylic acids is 2. The summed E-state index contributed by atoms with van der Waals surface area (Å²) in [5.74, 6) is 3.76. The number of carbonyl (C=O) groups is 2. The van der Waals surface area contributed by atoms with Gasteiger partial charge in [0.05, 0.1) is 17.3 Å². The number of terminal acetylenes is 1. The molecule has 1 N–H and O–H groups in total. The molecule has 0 bridgehead atoms. The van der Waals surface area contributed by atoms with Gasteiger partial charge in [-0.25, -0.2) is 4.98 Å². The van der Waals surface area contributed by atoms with Crippen LogP contribution in [0.25, 0.3) is 5.57 Å². The van der Waals surface area contributed by atoms with Gasteiger partial charge in [0.15, 0.2) is 0 Å². The van der Waals surface area contributed by atoms with Crippen LogP contribution in [0.15, 0.2) is 36.9 Å². The smallest absolute Gasteiger partial charge is 0.295 e. The van der Waals surface area contributed by atoms with Gasteiger partial charge in [0.2, 0.25) is 5.91 Å². The second-order valence-electron chi connectivity index (χ2n) is 10.4. The van der Waals surface area contributed by atoms with Gasteiger partial charge in [-0.05, 0) is 62.0 Å². The first-order valence-corrected chi connectivity index (χ1v) is 13.3. The Morgan fingerprint density at radius 2 is 2.00 bits per heavy atom. The van der Waals surface area contributed by atoms with E-state index in [4.69, 9.17) is 11.4 Å². The average Bonchev–Trinajstić information content (AvgIpc) is 3.78. The van der Waals surface area contributed by atoms with Crippen LogP contribution < -0.4 is 10.2 Å². The number of hydrogen-bond acceptors (Lipinski definition) is 5. The molecule has 2 heterocycles. The quantitative estimate of drug-likeness (QED) is 0.418. The summed E-state index contributed by atoms with van der Waals surface area (Å²) < 4.78 is 0. The van der Waals surface area contributed by atoms with Crippen LogP contribution in [0.5, 0.6) is 0 Å². The van der Waals surface area contributed by atoms with Crippen molar-refractivity contribution in [2.75, 3.05) is 31.1 Å². The van der Waals surface area contributed by atoms with E-state index in [-0.39, 0.29) is 18.5 Å². The Morgan fingerprint density at radius 3 is 2.62 bits per heavy atom. The lowest BCUT2D eigenvalue weighted by atomic mass is 9.97. The SMILES string of the molecule is C#CC(=O)NC/C=C(\C=C/C=C)c1cc(C#N)c(N2CCN(C(=O)C3CC3)C(C3CC3)C2)nc1C1CC1. The third kappa shape index (κ3) is 5.62. The van der Waals surface area contributed by atoms with Crippen molar-refractivity contribution in [3.8, 4) is 18.4 Å². The van der Waals surface area contributed by atoms with E-state index >= 15 is 0 Å². The number of allylic oxidation sites excluding steroid dienone is 4. The van der Waals surface area contributed by atoms with Crippen molar-refractivity contribution in [2.24, 2.45) is 11.8 Å². The molecule has 7 heteroatoms. The standard InChI is InChI=1S/C30H33N5O2/c1-3-5-6-20(13-14-32-27(36)4-2)25-17-24(18-31)29(33-28(25)22-9-10-22)34-15-16-35(30(37)23-11-12-23)26(19-34)21-7-8-21/h2-3,5-6,13,17,21-23,26H,1,7-12,14-16,19H2,(H,32,36)/b6-5-,20-13+. The van der Waals surface area contributed by atoms with Gasteiger partial charge in [0.1, 0.15) is 11.9 Å². The molecule has 0 radical (unpaired) electrons. The highest BCUT2D eigenvalue weighted by Gasteiger charge is 2.45. The molecule has 1 aromatic rings. The van der Waals surface area contributed by atoms with Crippen molar-refractivity contribution < 1.29 is 9.59 Å². The molecular weight excluding hydrogens is 462 g/mol. The summed E-state index contributed by atoms with van der Waals surface area (Å²) >= 11 is 0. The van der Waals surface area contributed by atoms with E-state index in [0.717, 1.165) is 67.7 Å². The summed E-state index contributed by atoms with van der Waals surface area (Å²) in [7, 11) is 0. The van der Waals surface area contributed by atoms with Crippen LogP contribution >= 0.6 is 0 Å². The topological polar surface area (TPSA) is 89.3 Å². The van der Waals surface area contributed by atoms with Gasteiger partial charge in [0, 0.05) is 43.6 Å². The number of rotatable bonds is 9. The molecule has 7 nitrogen and oxygen atoms in total. The zero-order valence-corrected chi connectivity index (χ0v) is 21.2. The Kier molecular flexibility index (Phi) is 7.15. The lowest BCUT2D eigenvalue weighted by Gasteiger charge is -2.43. The molecule has 4 fully saturated rings. The van der Waals surface area contributed by atoms with E-state index in [0.29, 0.717) is 36.4 Å². The van der Waals surface area contributed by atoms with E-state index < -0.39 is 5.91 Å². The van der Waals surface area contributed by atoms with Crippen LogP contribution in [0.1, 0.15) is 61.3 Å². The number of aromatic nitrogens is 1. The fraction of sp³-hybridized carbons (Fsp3) is 0.467. The third-order valence-electron chi connectivity index (χ3n) is 7.65. The van der Waals surface area contributed by atoms with E-state index in [2.05, 4.69) is 33.7 Å². The predicted octanol–water partition coefficient (Wildman–Crippen LogP) is 3.54. The number of nitrogens with one attached hydrogen (secondary N) is 1. The maximum absolute atomic E-state index is 13.0. The van der Waals surface area contributed by atoms with Gasteiger partial charge in [-0.15, -0.1) is 6.42 Å². The van der Waals surface area contributed by atoms with E-state index in [9.17, 15) is 14.9 Å². The van der Waals surface area contributed by atoms with Gasteiger partial charge in [0.25, 0.3) is 5.91 Å². The Labute approximate surface area is 218 Å². The van der Waals surface area contributed by atoms with Crippen molar-refractivity contribution >= 4 is 23.2 Å². The molecule has 0 aromatic carbocycles. The van der Waals surface area contributed by atoms with E-state index in [1.165, 1.54) is 0 Å². The fourth-order valence-corrected chi connectivity index (χ4v) is 5.21. The van der Waals surface area contributed by atoms with Crippen molar-refractivity contribution in [3.05, 3.63) is 53.8 Å². The molecule has 1 unspecified atom stereocenters. The maximum atomic E-state index is 13.0. The van der Waals surface area contributed by atoms with Crippen LogP contribution in [-0.2, 0) is 9.59 Å². The largest absolute Gasteiger partial charge is 0.352 e. The second kappa shape index (κ2) is 10.6. The Hall–Kier alpha value is -3.84. The van der Waals surface area contributed by atoms with E-state index in [1.807, 2.05) is 24.3 Å². The zero-order valence-electron chi connectivity index (χ0n) is 21.2. The molecule has 190 valence electrons. The number of hydrogen-bond donors (Lipinski definition) is 1. The lowest BCUT2D eigenvalue weighted by Crippen LogP contribution is -2.57. The minimum atomic E-state index is -0.471. The molecule has 5 rings (SSSR count). The molecule has 37 heavy (non-hydrogen) atoms. The molecule has 4 aliphatic rings. The number of nitriles is 1. The first-order chi connectivity index (χ1) is 18.0. The Balaban J connectivity index is 1.46. The van der Waals surface area contributed by atoms with Gasteiger partial charge >= 0.3 is 0 Å². The lowest BCUT2D eigenvalue weighted by molar-refractivity contribution is -0.135. The van der Waals surface area contributed by atoms with E-state index in [1.54, 1.807) is 6.08 Å². The normalized spacial score (nSPS) is 21.9. The number of piperazine rings is 1. The first kappa shape index (κ1) is 24.8. The van der Waals surface area contributed by atoms with Crippen molar-refractivity contribution in [1.82, 2.24) is 15.2 Å². The minimum Gasteiger partial charge on any atom is -0.352 e. The van der Waals surface area contributed by atoms with Gasteiger partial charge in [-0.1, -0.05) is 30.9 Å². The number of pyridine rings is 1. The molecule has 1 atom stereocenters. The van der Waals surface area contributed by atoms with Crippen molar-refractivity contribution in [1.29, 1.82) is 5.26 Å². The van der Waals surface area contributed by atoms with Crippen molar-refractivity contribution in [3.63, 3.8) is 0 Å². The molecular formula is C30H33N5O2. The van der Waals surface area contributed by atoms with Crippen LogP contribution in [0.4, 0.5) is 5.82 Å². The van der Waals surface area contributed by atoms with Gasteiger partial charge in [-0.3, -0.25) is 9.59 Å². The molecule has 1 saturated heterocycles. The first-order valence-electron chi connectivity index (χ1n) is 13.3. The molecule has 2 amide bonds. The summed E-state index contributed by atoms with van der Waals surface area (Å²) in [5.41, 5.74) is 3.28. The molecule has 1 aromatic heterocycles. The average molecular weight is 496 g/mol. The number of amides is 2. The zero-order chi connectivity index (χ0) is 25.9. The molecule has 1 aliphatic heterocycles. The number of nitrogens with zero attached hydrogens (tertiary/aromatic N) is 4. The van der Waals surface area contributed by atoms with Crippen LogP contribution in [0.2, 0.25) is 0 Å². The maximum Gasteiger partial charge on any atom is 0.295 e. The summed E-state index contributed by atoms with van der Waals surface area (Å²) in [5, 5.41) is 12.8. The Bertz CT molecular complexity index is 1240. The second-order valence-corrected chi connectivity index (χ2v) is 10.4. The highest BCUT2D eigenvalue weighted by Crippen LogP contribution is 2.45. The predicted molar refractivity (Wildman–Crippen MR) is 143 cm³/mol. The minimum absolute atomic E-state index is 0.199. The number of anilines is 1.